The molecule has 1 aromatic heterocycles. The number of hydrogen-bond donors (Lipinski definition) is 1. The third-order valence-electron chi connectivity index (χ3n) is 3.54. The minimum absolute atomic E-state index is 0.0643. The number of aryl methyl sites for hydroxylation is 1. The van der Waals surface area contributed by atoms with Crippen molar-refractivity contribution in [3.05, 3.63) is 53.8 Å². The van der Waals surface area contributed by atoms with Crippen LogP contribution < -0.4 is 10.1 Å². The summed E-state index contributed by atoms with van der Waals surface area (Å²) in [4.78, 5) is 12.1. The molecule has 0 aliphatic rings. The van der Waals surface area contributed by atoms with Crippen molar-refractivity contribution in [2.24, 2.45) is 0 Å². The van der Waals surface area contributed by atoms with E-state index in [0.717, 1.165) is 23.9 Å². The van der Waals surface area contributed by atoms with Gasteiger partial charge in [-0.1, -0.05) is 17.8 Å². The van der Waals surface area contributed by atoms with Gasteiger partial charge in [-0.05, 0) is 59.3 Å². The lowest BCUT2D eigenvalue weighted by Gasteiger charge is -2.09. The molecule has 3 rings (SSSR count). The second-order valence-electron chi connectivity index (χ2n) is 5.72. The number of tetrazole rings is 1. The molecule has 0 spiro atoms. The van der Waals surface area contributed by atoms with Crippen LogP contribution in [0.1, 0.15) is 5.56 Å². The Hall–Kier alpha value is -3.15. The van der Waals surface area contributed by atoms with Gasteiger partial charge in [-0.25, -0.2) is 4.39 Å². The summed E-state index contributed by atoms with van der Waals surface area (Å²) in [6.45, 7) is 1.61. The lowest BCUT2D eigenvalue weighted by Crippen LogP contribution is -2.17. The first-order valence-corrected chi connectivity index (χ1v) is 9.03. The fourth-order valence-electron chi connectivity index (χ4n) is 2.22. The van der Waals surface area contributed by atoms with Crippen molar-refractivity contribution in [2.45, 2.75) is 18.4 Å². The highest BCUT2D eigenvalue weighted by molar-refractivity contribution is 7.99. The zero-order valence-corrected chi connectivity index (χ0v) is 15.6. The zero-order valence-electron chi connectivity index (χ0n) is 14.8. The summed E-state index contributed by atoms with van der Waals surface area (Å²) in [5.41, 5.74) is 1.16. The number of nitrogens with one attached hydrogen (secondary N) is 1. The SMILES string of the molecule is Cc1ccc(NC(=O)CSc2nnnn2-c2ccc(OC(F)(F)F)cc2)cc1F. The summed E-state index contributed by atoms with van der Waals surface area (Å²) in [5.74, 6) is -1.28. The lowest BCUT2D eigenvalue weighted by molar-refractivity contribution is -0.274. The van der Waals surface area contributed by atoms with Gasteiger partial charge in [-0.2, -0.15) is 4.68 Å². The number of benzene rings is 2. The van der Waals surface area contributed by atoms with E-state index in [1.807, 2.05) is 0 Å². The van der Waals surface area contributed by atoms with E-state index in [1.54, 1.807) is 19.1 Å². The zero-order chi connectivity index (χ0) is 21.0. The molecule has 0 aliphatic heterocycles. The maximum atomic E-state index is 13.5. The number of anilines is 1. The smallest absolute Gasteiger partial charge is 0.406 e. The van der Waals surface area contributed by atoms with Crippen molar-refractivity contribution in [1.29, 1.82) is 0 Å². The van der Waals surface area contributed by atoms with E-state index >= 15 is 0 Å². The van der Waals surface area contributed by atoms with Gasteiger partial charge in [-0.3, -0.25) is 4.79 Å². The monoisotopic (exact) mass is 427 g/mol. The number of amides is 1. The number of rotatable bonds is 6. The molecule has 1 N–H and O–H groups in total. The molecule has 7 nitrogen and oxygen atoms in total. The van der Waals surface area contributed by atoms with Crippen LogP contribution in [0.3, 0.4) is 0 Å². The Morgan fingerprint density at radius 2 is 1.93 bits per heavy atom. The van der Waals surface area contributed by atoms with Crippen LogP contribution in [0.5, 0.6) is 5.75 Å². The lowest BCUT2D eigenvalue weighted by atomic mass is 10.2. The van der Waals surface area contributed by atoms with Crippen LogP contribution in [0.2, 0.25) is 0 Å². The van der Waals surface area contributed by atoms with Crippen molar-refractivity contribution >= 4 is 23.4 Å². The topological polar surface area (TPSA) is 81.9 Å². The molecule has 152 valence electrons. The van der Waals surface area contributed by atoms with Gasteiger partial charge in [0.05, 0.1) is 11.4 Å². The fourth-order valence-corrected chi connectivity index (χ4v) is 2.91. The number of hydrogen-bond acceptors (Lipinski definition) is 6. The maximum absolute atomic E-state index is 13.5. The van der Waals surface area contributed by atoms with Crippen molar-refractivity contribution in [1.82, 2.24) is 20.2 Å². The Kier molecular flexibility index (Phi) is 6.01. The molecule has 0 saturated heterocycles. The number of thioether (sulfide) groups is 1. The third kappa shape index (κ3) is 5.67. The van der Waals surface area contributed by atoms with Gasteiger partial charge in [0.2, 0.25) is 11.1 Å². The van der Waals surface area contributed by atoms with Gasteiger partial charge in [0, 0.05) is 5.69 Å². The molecule has 0 saturated carbocycles. The minimum atomic E-state index is -4.79. The highest BCUT2D eigenvalue weighted by atomic mass is 32.2. The number of nitrogens with zero attached hydrogens (tertiary/aromatic N) is 4. The van der Waals surface area contributed by atoms with Crippen LogP contribution in [-0.2, 0) is 4.79 Å². The Balaban J connectivity index is 1.62. The summed E-state index contributed by atoms with van der Waals surface area (Å²) < 4.78 is 55.3. The molecule has 12 heteroatoms. The predicted molar refractivity (Wildman–Crippen MR) is 96.3 cm³/mol. The van der Waals surface area contributed by atoms with E-state index in [9.17, 15) is 22.4 Å². The van der Waals surface area contributed by atoms with Crippen LogP contribution in [0.25, 0.3) is 5.69 Å². The molecule has 1 heterocycles. The first-order valence-electron chi connectivity index (χ1n) is 8.04. The van der Waals surface area contributed by atoms with Crippen molar-refractivity contribution in [3.63, 3.8) is 0 Å². The largest absolute Gasteiger partial charge is 0.573 e. The van der Waals surface area contributed by atoms with Crippen LogP contribution in [0.15, 0.2) is 47.6 Å². The highest BCUT2D eigenvalue weighted by Crippen LogP contribution is 2.25. The quantitative estimate of drug-likeness (QED) is 0.477. The number of halogens is 4. The van der Waals surface area contributed by atoms with E-state index in [0.29, 0.717) is 16.9 Å². The average Bonchev–Trinajstić information content (AvgIpc) is 3.11. The number of ether oxygens (including phenoxy) is 1. The molecule has 0 fully saturated rings. The van der Waals surface area contributed by atoms with E-state index in [2.05, 4.69) is 25.6 Å². The van der Waals surface area contributed by atoms with Gasteiger partial charge >= 0.3 is 6.36 Å². The summed E-state index contributed by atoms with van der Waals surface area (Å²) in [7, 11) is 0. The molecule has 0 atom stereocenters. The van der Waals surface area contributed by atoms with E-state index in [-0.39, 0.29) is 16.7 Å². The Morgan fingerprint density at radius 3 is 2.59 bits per heavy atom. The van der Waals surface area contributed by atoms with Gasteiger partial charge in [0.1, 0.15) is 11.6 Å². The second-order valence-corrected chi connectivity index (χ2v) is 6.66. The van der Waals surface area contributed by atoms with Gasteiger partial charge < -0.3 is 10.1 Å². The minimum Gasteiger partial charge on any atom is -0.406 e. The van der Waals surface area contributed by atoms with E-state index < -0.39 is 18.1 Å². The van der Waals surface area contributed by atoms with Crippen LogP contribution in [0, 0.1) is 12.7 Å². The first kappa shape index (κ1) is 20.6. The summed E-state index contributed by atoms with van der Waals surface area (Å²) in [5, 5.41) is 13.9. The van der Waals surface area contributed by atoms with Gasteiger partial charge in [0.25, 0.3) is 0 Å². The summed E-state index contributed by atoms with van der Waals surface area (Å²) in [6, 6.07) is 9.27. The van der Waals surface area contributed by atoms with Crippen molar-refractivity contribution in [3.8, 4) is 11.4 Å². The van der Waals surface area contributed by atoms with Crippen LogP contribution >= 0.6 is 11.8 Å². The third-order valence-corrected chi connectivity index (χ3v) is 4.46. The Labute approximate surface area is 166 Å². The van der Waals surface area contributed by atoms with Crippen molar-refractivity contribution < 1.29 is 27.1 Å². The predicted octanol–water partition coefficient (Wildman–Crippen LogP) is 3.74. The molecule has 0 unspecified atom stereocenters. The van der Waals surface area contributed by atoms with E-state index in [1.165, 1.54) is 22.9 Å². The molecule has 3 aromatic rings. The first-order chi connectivity index (χ1) is 13.7. The highest BCUT2D eigenvalue weighted by Gasteiger charge is 2.31. The Morgan fingerprint density at radius 1 is 1.21 bits per heavy atom. The molecule has 0 radical (unpaired) electrons. The standard InChI is InChI=1S/C17H13F4N5O2S/c1-10-2-3-11(8-14(10)18)22-15(27)9-29-16-23-24-25-26(16)12-4-6-13(7-5-12)28-17(19,20)21/h2-8H,9H2,1H3,(H,22,27). The molecular formula is C17H13F4N5O2S. The maximum Gasteiger partial charge on any atom is 0.573 e. The molecule has 2 aromatic carbocycles. The molecule has 0 bridgehead atoms. The van der Waals surface area contributed by atoms with E-state index in [4.69, 9.17) is 0 Å². The summed E-state index contributed by atoms with van der Waals surface area (Å²) in [6.07, 6.45) is -4.79. The number of alkyl halides is 3. The van der Waals surface area contributed by atoms with Crippen molar-refractivity contribution in [2.75, 3.05) is 11.1 Å². The molecule has 0 aliphatic carbocycles. The summed E-state index contributed by atoms with van der Waals surface area (Å²) >= 11 is 1.01. The molecule has 1 amide bonds. The van der Waals surface area contributed by atoms with Gasteiger partial charge in [0.15, 0.2) is 0 Å². The molecular weight excluding hydrogens is 414 g/mol. The second kappa shape index (κ2) is 8.47. The average molecular weight is 427 g/mol. The fraction of sp³-hybridized carbons (Fsp3) is 0.176. The number of carbonyl (C=O) groups excluding carboxylic acids is 1. The number of aromatic nitrogens is 4. The Bertz CT molecular complexity index is 1010. The molecule has 29 heavy (non-hydrogen) atoms. The normalized spacial score (nSPS) is 11.3. The number of carbonyl (C=O) groups is 1. The van der Waals surface area contributed by atoms with Crippen LogP contribution in [0.4, 0.5) is 23.2 Å². The van der Waals surface area contributed by atoms with Crippen LogP contribution in [-0.4, -0.2) is 38.2 Å². The van der Waals surface area contributed by atoms with Gasteiger partial charge in [-0.15, -0.1) is 18.3 Å².